The quantitative estimate of drug-likeness (QED) is 0.919. The molecule has 0 radical (unpaired) electrons. The van der Waals surface area contributed by atoms with Crippen LogP contribution in [0.3, 0.4) is 0 Å². The van der Waals surface area contributed by atoms with Gasteiger partial charge >= 0.3 is 0 Å². The van der Waals surface area contributed by atoms with Gasteiger partial charge in [0.05, 0.1) is 0 Å². The molecule has 0 spiro atoms. The molecule has 2 nitrogen and oxygen atoms in total. The Kier molecular flexibility index (Phi) is 5.11. The number of benzene rings is 1. The summed E-state index contributed by atoms with van der Waals surface area (Å²) in [7, 11) is 0. The summed E-state index contributed by atoms with van der Waals surface area (Å²) in [5.41, 5.74) is 7.56. The van der Waals surface area contributed by atoms with Crippen molar-refractivity contribution in [2.75, 3.05) is 26.2 Å². The first-order valence-electron chi connectivity index (χ1n) is 8.81. The van der Waals surface area contributed by atoms with Gasteiger partial charge in [-0.3, -0.25) is 0 Å². The van der Waals surface area contributed by atoms with Crippen LogP contribution in [-0.4, -0.2) is 31.1 Å². The lowest BCUT2D eigenvalue weighted by Crippen LogP contribution is -2.31. The van der Waals surface area contributed by atoms with Crippen molar-refractivity contribution >= 4 is 12.4 Å². The molecule has 122 valence electrons. The molecule has 1 aromatic carbocycles. The van der Waals surface area contributed by atoms with E-state index in [9.17, 15) is 0 Å². The summed E-state index contributed by atoms with van der Waals surface area (Å²) < 4.78 is 0. The number of fused-ring (bicyclic) bond motifs is 2. The van der Waals surface area contributed by atoms with E-state index in [1.165, 1.54) is 50.9 Å². The number of halogens is 1. The molecule has 2 N–H and O–H groups in total. The second-order valence-electron chi connectivity index (χ2n) is 7.67. The molecule has 1 heterocycles. The van der Waals surface area contributed by atoms with E-state index in [4.69, 9.17) is 5.73 Å². The zero-order valence-electron chi connectivity index (χ0n) is 13.4. The minimum Gasteiger partial charge on any atom is -0.330 e. The minimum atomic E-state index is 0. The number of likely N-dealkylation sites (tertiary alicyclic amines) is 1. The molecular weight excluding hydrogens is 292 g/mol. The first-order valence-corrected chi connectivity index (χ1v) is 8.81. The highest BCUT2D eigenvalue weighted by molar-refractivity contribution is 5.85. The number of nitrogens with two attached hydrogens (primary N) is 1. The van der Waals surface area contributed by atoms with Gasteiger partial charge in [0.15, 0.2) is 0 Å². The van der Waals surface area contributed by atoms with Crippen LogP contribution in [0, 0.1) is 23.7 Å². The Morgan fingerprint density at radius 2 is 1.82 bits per heavy atom. The fraction of sp³-hybridized carbons (Fsp3) is 0.684. The van der Waals surface area contributed by atoms with Crippen LogP contribution >= 0.6 is 12.4 Å². The largest absolute Gasteiger partial charge is 0.330 e. The van der Waals surface area contributed by atoms with E-state index in [-0.39, 0.29) is 12.4 Å². The van der Waals surface area contributed by atoms with Crippen LogP contribution in [0.15, 0.2) is 30.3 Å². The van der Waals surface area contributed by atoms with Gasteiger partial charge in [0, 0.05) is 25.6 Å². The molecule has 1 saturated heterocycles. The molecule has 4 rings (SSSR count). The number of nitrogens with zero attached hydrogens (tertiary/aromatic N) is 1. The Labute approximate surface area is 140 Å². The molecule has 2 saturated carbocycles. The first kappa shape index (κ1) is 16.3. The molecule has 0 aromatic heterocycles. The Bertz CT molecular complexity index is 478. The third-order valence-corrected chi connectivity index (χ3v) is 6.42. The van der Waals surface area contributed by atoms with Crippen LogP contribution in [0.25, 0.3) is 0 Å². The maximum atomic E-state index is 6.07. The maximum absolute atomic E-state index is 6.07. The van der Waals surface area contributed by atoms with Crippen molar-refractivity contribution in [1.82, 2.24) is 4.90 Å². The van der Waals surface area contributed by atoms with Gasteiger partial charge in [0.1, 0.15) is 0 Å². The fourth-order valence-corrected chi connectivity index (χ4v) is 5.36. The van der Waals surface area contributed by atoms with E-state index < -0.39 is 0 Å². The number of hydrogen-bond donors (Lipinski definition) is 1. The van der Waals surface area contributed by atoms with Crippen molar-refractivity contribution in [3.8, 4) is 0 Å². The third-order valence-electron chi connectivity index (χ3n) is 6.42. The summed E-state index contributed by atoms with van der Waals surface area (Å²) in [6, 6.07) is 11.0. The van der Waals surface area contributed by atoms with Crippen LogP contribution in [-0.2, 0) is 0 Å². The molecule has 3 unspecified atom stereocenters. The molecule has 1 aliphatic heterocycles. The normalized spacial score (nSPS) is 37.4. The first-order chi connectivity index (χ1) is 10.3. The summed E-state index contributed by atoms with van der Waals surface area (Å²) in [5, 5.41) is 0. The van der Waals surface area contributed by atoms with Gasteiger partial charge in [-0.2, -0.15) is 0 Å². The van der Waals surface area contributed by atoms with Crippen LogP contribution in [0.1, 0.15) is 37.2 Å². The highest BCUT2D eigenvalue weighted by Gasteiger charge is 2.41. The van der Waals surface area contributed by atoms with Crippen molar-refractivity contribution in [2.45, 2.75) is 31.6 Å². The van der Waals surface area contributed by atoms with E-state index in [1.54, 1.807) is 0 Å². The van der Waals surface area contributed by atoms with Crippen LogP contribution in [0.5, 0.6) is 0 Å². The highest BCUT2D eigenvalue weighted by atomic mass is 35.5. The Morgan fingerprint density at radius 1 is 1.00 bits per heavy atom. The van der Waals surface area contributed by atoms with Gasteiger partial charge in [0.2, 0.25) is 0 Å². The van der Waals surface area contributed by atoms with Crippen molar-refractivity contribution in [3.63, 3.8) is 0 Å². The monoisotopic (exact) mass is 320 g/mol. The SMILES string of the molecule is Cl.NC[C@@H]1CN(CC2CC3CCC2C3)C[C@H]1c1ccccc1. The molecule has 1 aromatic rings. The van der Waals surface area contributed by atoms with Gasteiger partial charge in [-0.1, -0.05) is 36.8 Å². The van der Waals surface area contributed by atoms with E-state index in [0.717, 1.165) is 24.3 Å². The molecular formula is C19H29ClN2. The summed E-state index contributed by atoms with van der Waals surface area (Å²) in [4.78, 5) is 2.72. The van der Waals surface area contributed by atoms with E-state index in [1.807, 2.05) is 0 Å². The molecule has 3 heteroatoms. The fourth-order valence-electron chi connectivity index (χ4n) is 5.36. The van der Waals surface area contributed by atoms with Gasteiger partial charge < -0.3 is 10.6 Å². The average molecular weight is 321 g/mol. The summed E-state index contributed by atoms with van der Waals surface area (Å²) in [6.45, 7) is 4.59. The lowest BCUT2D eigenvalue weighted by molar-refractivity contribution is 0.214. The van der Waals surface area contributed by atoms with E-state index >= 15 is 0 Å². The van der Waals surface area contributed by atoms with Crippen LogP contribution in [0.2, 0.25) is 0 Å². The molecule has 22 heavy (non-hydrogen) atoms. The Morgan fingerprint density at radius 3 is 2.45 bits per heavy atom. The summed E-state index contributed by atoms with van der Waals surface area (Å²) >= 11 is 0. The zero-order chi connectivity index (χ0) is 14.2. The van der Waals surface area contributed by atoms with Gasteiger partial charge in [-0.15, -0.1) is 12.4 Å². The molecule has 5 atom stereocenters. The van der Waals surface area contributed by atoms with Crippen molar-refractivity contribution in [2.24, 2.45) is 29.4 Å². The predicted octanol–water partition coefficient (Wildman–Crippen LogP) is 3.52. The van der Waals surface area contributed by atoms with Crippen molar-refractivity contribution < 1.29 is 0 Å². The molecule has 3 fully saturated rings. The van der Waals surface area contributed by atoms with E-state index in [2.05, 4.69) is 35.2 Å². The van der Waals surface area contributed by atoms with Crippen LogP contribution < -0.4 is 5.73 Å². The molecule has 0 amide bonds. The van der Waals surface area contributed by atoms with Crippen molar-refractivity contribution in [1.29, 1.82) is 0 Å². The Balaban J connectivity index is 0.00000144. The second kappa shape index (κ2) is 6.90. The highest BCUT2D eigenvalue weighted by Crippen LogP contribution is 2.49. The number of rotatable bonds is 4. The van der Waals surface area contributed by atoms with Gasteiger partial charge in [0.25, 0.3) is 0 Å². The van der Waals surface area contributed by atoms with Crippen molar-refractivity contribution in [3.05, 3.63) is 35.9 Å². The second-order valence-corrected chi connectivity index (χ2v) is 7.67. The Hall–Kier alpha value is -0.570. The molecule has 2 bridgehead atoms. The average Bonchev–Trinajstić information content (AvgIpc) is 3.23. The molecule has 3 aliphatic rings. The lowest BCUT2D eigenvalue weighted by Gasteiger charge is -2.27. The van der Waals surface area contributed by atoms with Gasteiger partial charge in [-0.05, 0) is 55.0 Å². The van der Waals surface area contributed by atoms with Crippen LogP contribution in [0.4, 0.5) is 0 Å². The third kappa shape index (κ3) is 3.06. The van der Waals surface area contributed by atoms with Gasteiger partial charge in [-0.25, -0.2) is 0 Å². The standard InChI is InChI=1S/C19H28N2.ClH/c20-10-18-12-21(11-17-9-14-6-7-16(17)8-14)13-19(18)15-4-2-1-3-5-15;/h1-5,14,16-19H,6-13,20H2;1H/t14?,16?,17?,18-,19+;/m1./s1. The lowest BCUT2D eigenvalue weighted by atomic mass is 9.88. The summed E-state index contributed by atoms with van der Waals surface area (Å²) in [5.74, 6) is 4.39. The van der Waals surface area contributed by atoms with E-state index in [0.29, 0.717) is 11.8 Å². The molecule has 2 aliphatic carbocycles. The maximum Gasteiger partial charge on any atom is 0.00541 e. The minimum absolute atomic E-state index is 0. The topological polar surface area (TPSA) is 29.3 Å². The predicted molar refractivity (Wildman–Crippen MR) is 94.4 cm³/mol. The summed E-state index contributed by atoms with van der Waals surface area (Å²) in [6.07, 6.45) is 6.05. The zero-order valence-corrected chi connectivity index (χ0v) is 14.2. The smallest absolute Gasteiger partial charge is 0.00541 e. The number of hydrogen-bond acceptors (Lipinski definition) is 2.